The molecule has 0 unspecified atom stereocenters. The first-order chi connectivity index (χ1) is 8.75. The zero-order chi connectivity index (χ0) is 12.5. The summed E-state index contributed by atoms with van der Waals surface area (Å²) in [6.45, 7) is 0. The normalized spacial score (nSPS) is 11.6. The first kappa shape index (κ1) is 11.6. The zero-order valence-electron chi connectivity index (χ0n) is 8.91. The highest BCUT2D eigenvalue weighted by atomic mass is 35.5. The first-order valence-electron chi connectivity index (χ1n) is 4.99. The Bertz CT molecular complexity index is 773. The van der Waals surface area contributed by atoms with E-state index in [0.717, 1.165) is 4.88 Å². The number of hydrogen-bond acceptors (Lipinski definition) is 5. The average molecular weight is 296 g/mol. The minimum atomic E-state index is -0.339. The lowest BCUT2D eigenvalue weighted by Gasteiger charge is -1.97. The van der Waals surface area contributed by atoms with Crippen molar-refractivity contribution in [2.24, 2.45) is 0 Å². The fraction of sp³-hybridized carbons (Fsp3) is 0. The summed E-state index contributed by atoms with van der Waals surface area (Å²) in [4.78, 5) is 17.8. The van der Waals surface area contributed by atoms with Crippen LogP contribution in [0.4, 0.5) is 0 Å². The van der Waals surface area contributed by atoms with Crippen LogP contribution in [0, 0.1) is 0 Å². The minimum Gasteiger partial charge on any atom is -0.266 e. The van der Waals surface area contributed by atoms with Crippen molar-refractivity contribution in [3.05, 3.63) is 49.0 Å². The number of rotatable bonds is 2. The molecule has 3 aromatic heterocycles. The molecule has 0 N–H and O–H groups in total. The van der Waals surface area contributed by atoms with Gasteiger partial charge >= 0.3 is 0 Å². The van der Waals surface area contributed by atoms with Gasteiger partial charge in [-0.1, -0.05) is 29.0 Å². The molecule has 0 aromatic carbocycles. The first-order valence-corrected chi connectivity index (χ1v) is 7.13. The Balaban J connectivity index is 2.12. The second-order valence-corrected chi connectivity index (χ2v) is 5.57. The minimum absolute atomic E-state index is 0.0891. The molecule has 0 amide bonds. The number of hydrogen-bond donors (Lipinski definition) is 0. The van der Waals surface area contributed by atoms with Crippen molar-refractivity contribution in [3.63, 3.8) is 0 Å². The Morgan fingerprint density at radius 2 is 2.22 bits per heavy atom. The van der Waals surface area contributed by atoms with E-state index in [1.54, 1.807) is 22.9 Å². The van der Waals surface area contributed by atoms with E-state index < -0.39 is 0 Å². The summed E-state index contributed by atoms with van der Waals surface area (Å²) < 4.78 is 1.20. The third kappa shape index (κ3) is 1.98. The molecule has 0 atom stereocenters. The molecular formula is C11H6ClN3OS2. The quantitative estimate of drug-likeness (QED) is 0.730. The predicted molar refractivity (Wildman–Crippen MR) is 75.4 cm³/mol. The molecule has 0 aliphatic carbocycles. The second-order valence-electron chi connectivity index (χ2n) is 3.40. The van der Waals surface area contributed by atoms with E-state index in [-0.39, 0.29) is 10.6 Å². The van der Waals surface area contributed by atoms with Gasteiger partial charge in [0.25, 0.3) is 5.56 Å². The van der Waals surface area contributed by atoms with Crippen LogP contribution in [0.15, 0.2) is 27.8 Å². The third-order valence-corrected chi connectivity index (χ3v) is 4.14. The fourth-order valence-corrected chi connectivity index (χ4v) is 2.86. The van der Waals surface area contributed by atoms with E-state index in [9.17, 15) is 4.79 Å². The molecule has 7 heteroatoms. The lowest BCUT2D eigenvalue weighted by Crippen LogP contribution is -2.16. The monoisotopic (exact) mass is 295 g/mol. The number of nitrogens with zero attached hydrogens (tertiary/aromatic N) is 3. The molecule has 0 fully saturated rings. The number of halogens is 1. The smallest absolute Gasteiger partial charge is 0.266 e. The van der Waals surface area contributed by atoms with E-state index in [1.807, 2.05) is 23.6 Å². The highest BCUT2D eigenvalue weighted by Crippen LogP contribution is 2.17. The van der Waals surface area contributed by atoms with Crippen LogP contribution in [0.25, 0.3) is 17.1 Å². The van der Waals surface area contributed by atoms with Crippen LogP contribution < -0.4 is 5.56 Å². The van der Waals surface area contributed by atoms with Gasteiger partial charge in [-0.2, -0.15) is 9.61 Å². The van der Waals surface area contributed by atoms with Gasteiger partial charge in [-0.25, -0.2) is 4.98 Å². The van der Waals surface area contributed by atoms with Gasteiger partial charge in [0, 0.05) is 4.88 Å². The molecule has 0 saturated carbocycles. The second kappa shape index (κ2) is 4.64. The van der Waals surface area contributed by atoms with E-state index in [2.05, 4.69) is 10.1 Å². The van der Waals surface area contributed by atoms with Gasteiger partial charge in [-0.05, 0) is 23.6 Å². The molecule has 18 heavy (non-hydrogen) atoms. The van der Waals surface area contributed by atoms with Crippen LogP contribution in [-0.4, -0.2) is 14.6 Å². The highest BCUT2D eigenvalue weighted by molar-refractivity contribution is 7.14. The molecule has 3 aromatic rings. The Labute approximate surface area is 115 Å². The molecule has 3 heterocycles. The molecule has 0 radical (unpaired) electrons. The van der Waals surface area contributed by atoms with Gasteiger partial charge in [-0.3, -0.25) is 4.79 Å². The summed E-state index contributed by atoms with van der Waals surface area (Å²) in [5, 5.41) is 5.96. The van der Waals surface area contributed by atoms with Crippen LogP contribution >= 0.6 is 34.3 Å². The van der Waals surface area contributed by atoms with Crippen LogP contribution in [0.5, 0.6) is 0 Å². The van der Waals surface area contributed by atoms with Gasteiger partial charge in [0.15, 0.2) is 0 Å². The maximum Gasteiger partial charge on any atom is 0.294 e. The van der Waals surface area contributed by atoms with E-state index in [1.165, 1.54) is 15.9 Å². The summed E-state index contributed by atoms with van der Waals surface area (Å²) in [6, 6.07) is 3.94. The van der Waals surface area contributed by atoms with Crippen molar-refractivity contribution in [1.29, 1.82) is 0 Å². The van der Waals surface area contributed by atoms with Gasteiger partial charge in [-0.15, -0.1) is 11.3 Å². The summed E-state index contributed by atoms with van der Waals surface area (Å²) >= 11 is 8.90. The predicted octanol–water partition coefficient (Wildman–Crippen LogP) is 3.04. The highest BCUT2D eigenvalue weighted by Gasteiger charge is 2.09. The molecule has 0 saturated heterocycles. The summed E-state index contributed by atoms with van der Waals surface area (Å²) in [5.74, 6) is 0. The molecule has 3 rings (SSSR count). The van der Waals surface area contributed by atoms with Crippen molar-refractivity contribution in [2.45, 2.75) is 0 Å². The summed E-state index contributed by atoms with van der Waals surface area (Å²) in [6.07, 6.45) is 3.63. The Hall–Kier alpha value is -1.50. The molecule has 4 nitrogen and oxygen atoms in total. The molecule has 90 valence electrons. The average Bonchev–Trinajstić information content (AvgIpc) is 3.02. The molecule has 0 aliphatic rings. The van der Waals surface area contributed by atoms with E-state index >= 15 is 0 Å². The summed E-state index contributed by atoms with van der Waals surface area (Å²) in [5.41, 5.74) is 1.69. The largest absolute Gasteiger partial charge is 0.294 e. The van der Waals surface area contributed by atoms with Crippen LogP contribution in [0.3, 0.4) is 0 Å². The van der Waals surface area contributed by atoms with Gasteiger partial charge in [0.2, 0.25) is 4.96 Å². The molecule has 0 aliphatic heterocycles. The van der Waals surface area contributed by atoms with Crippen molar-refractivity contribution in [2.75, 3.05) is 0 Å². The molecule has 0 spiro atoms. The topological polar surface area (TPSA) is 47.3 Å². The van der Waals surface area contributed by atoms with Crippen LogP contribution in [-0.2, 0) is 0 Å². The van der Waals surface area contributed by atoms with Crippen molar-refractivity contribution in [3.8, 4) is 0 Å². The zero-order valence-corrected chi connectivity index (χ0v) is 11.3. The fourth-order valence-electron chi connectivity index (χ4n) is 1.44. The number of fused-ring (bicyclic) bond motifs is 1. The molecule has 0 bridgehead atoms. The van der Waals surface area contributed by atoms with E-state index in [4.69, 9.17) is 11.6 Å². The van der Waals surface area contributed by atoms with Gasteiger partial charge in [0.1, 0.15) is 10.5 Å². The Morgan fingerprint density at radius 3 is 3.00 bits per heavy atom. The SMILES string of the molecule is O=c1c(Cl)c(C=Cc2cccs2)nc2scnn12. The Morgan fingerprint density at radius 1 is 1.33 bits per heavy atom. The standard InChI is InChI=1S/C11H6ClN3OS2/c12-9-8(4-3-7-2-1-5-17-7)14-11-15(10(9)16)13-6-18-11/h1-6H. The number of thiophene rings is 1. The van der Waals surface area contributed by atoms with Crippen molar-refractivity contribution in [1.82, 2.24) is 14.6 Å². The summed E-state index contributed by atoms with van der Waals surface area (Å²) in [7, 11) is 0. The van der Waals surface area contributed by atoms with Crippen molar-refractivity contribution >= 4 is 51.4 Å². The molecular weight excluding hydrogens is 290 g/mol. The maximum absolute atomic E-state index is 11.9. The maximum atomic E-state index is 11.9. The van der Waals surface area contributed by atoms with Gasteiger partial charge in [0.05, 0.1) is 5.69 Å². The van der Waals surface area contributed by atoms with E-state index in [0.29, 0.717) is 10.7 Å². The Kier molecular flexibility index (Phi) is 2.99. The third-order valence-electron chi connectivity index (χ3n) is 2.27. The van der Waals surface area contributed by atoms with Crippen molar-refractivity contribution < 1.29 is 0 Å². The lowest BCUT2D eigenvalue weighted by molar-refractivity contribution is 0.897. The number of aromatic nitrogens is 3. The lowest BCUT2D eigenvalue weighted by atomic mass is 10.3. The van der Waals surface area contributed by atoms with Gasteiger partial charge < -0.3 is 0 Å². The van der Waals surface area contributed by atoms with Crippen LogP contribution in [0.2, 0.25) is 5.02 Å². The van der Waals surface area contributed by atoms with Crippen LogP contribution in [0.1, 0.15) is 10.6 Å².